The van der Waals surface area contributed by atoms with Gasteiger partial charge in [0.2, 0.25) is 15.2 Å². The van der Waals surface area contributed by atoms with Gasteiger partial charge in [-0.1, -0.05) is 30.2 Å². The Morgan fingerprint density at radius 3 is 2.56 bits per heavy atom. The van der Waals surface area contributed by atoms with Crippen LogP contribution in [0.5, 0.6) is 0 Å². The minimum Gasteiger partial charge on any atom is -0.296 e. The number of hydrogen-bond acceptors (Lipinski definition) is 6. The first-order valence-corrected chi connectivity index (χ1v) is 11.5. The second-order valence-electron chi connectivity index (χ2n) is 7.02. The quantitative estimate of drug-likeness (QED) is 0.823. The van der Waals surface area contributed by atoms with Gasteiger partial charge in [-0.15, -0.1) is 10.2 Å². The first kappa shape index (κ1) is 18.5. The lowest BCUT2D eigenvalue weighted by atomic mass is 10.2. The number of hydrogen-bond donors (Lipinski definition) is 1. The number of nitrogens with one attached hydrogen (secondary N) is 1. The summed E-state index contributed by atoms with van der Waals surface area (Å²) in [7, 11) is -3.59. The summed E-state index contributed by atoms with van der Waals surface area (Å²) in [6.07, 6.45) is 6.11. The summed E-state index contributed by atoms with van der Waals surface area (Å²) >= 11 is 1.38. The predicted molar refractivity (Wildman–Crippen MR) is 104 cm³/mol. The number of amides is 1. The molecule has 1 aliphatic carbocycles. The zero-order valence-corrected chi connectivity index (χ0v) is 16.6. The molecule has 1 aliphatic heterocycles. The molecule has 2 fully saturated rings. The summed E-state index contributed by atoms with van der Waals surface area (Å²) < 4.78 is 27.4. The highest BCUT2D eigenvalue weighted by molar-refractivity contribution is 7.89. The monoisotopic (exact) mass is 406 g/mol. The van der Waals surface area contributed by atoms with Crippen molar-refractivity contribution < 1.29 is 13.2 Å². The summed E-state index contributed by atoms with van der Waals surface area (Å²) in [5.74, 6) is 0.108. The molecule has 2 aliphatic rings. The van der Waals surface area contributed by atoms with E-state index in [0.717, 1.165) is 43.5 Å². The average Bonchev–Trinajstić information content (AvgIpc) is 3.47. The molecule has 7 nitrogen and oxygen atoms in total. The van der Waals surface area contributed by atoms with E-state index in [4.69, 9.17) is 0 Å². The fourth-order valence-electron chi connectivity index (χ4n) is 3.18. The molecule has 1 N–H and O–H groups in total. The van der Waals surface area contributed by atoms with Crippen LogP contribution >= 0.6 is 11.3 Å². The Bertz CT molecular complexity index is 930. The standard InChI is InChI=1S/C18H22N4O3S2/c23-16(19-18-21-20-17(26-18)13-8-9-13)14-6-5-7-15(12-14)27(24,25)22-10-3-1-2-4-11-22/h5-7,12-13H,1-4,8-11H2,(H,19,21,23). The molecule has 9 heteroatoms. The van der Waals surface area contributed by atoms with Gasteiger partial charge in [0, 0.05) is 24.6 Å². The maximum Gasteiger partial charge on any atom is 0.257 e. The number of sulfonamides is 1. The number of carbonyl (C=O) groups excluding carboxylic acids is 1. The molecular formula is C18H22N4O3S2. The third kappa shape index (κ3) is 4.20. The van der Waals surface area contributed by atoms with Crippen molar-refractivity contribution in [1.29, 1.82) is 0 Å². The van der Waals surface area contributed by atoms with Crippen LogP contribution in [-0.2, 0) is 10.0 Å². The van der Waals surface area contributed by atoms with E-state index in [2.05, 4.69) is 15.5 Å². The van der Waals surface area contributed by atoms with Gasteiger partial charge in [0.15, 0.2) is 0 Å². The highest BCUT2D eigenvalue weighted by Crippen LogP contribution is 2.42. The molecule has 0 atom stereocenters. The van der Waals surface area contributed by atoms with Crippen LogP contribution in [0.4, 0.5) is 5.13 Å². The molecule has 1 amide bonds. The van der Waals surface area contributed by atoms with E-state index in [1.807, 2.05) is 0 Å². The van der Waals surface area contributed by atoms with Gasteiger partial charge < -0.3 is 0 Å². The molecule has 4 rings (SSSR count). The third-order valence-corrected chi connectivity index (χ3v) is 7.78. The molecule has 1 saturated heterocycles. The predicted octanol–water partition coefficient (Wildman–Crippen LogP) is 3.23. The highest BCUT2D eigenvalue weighted by Gasteiger charge is 2.28. The van der Waals surface area contributed by atoms with Gasteiger partial charge >= 0.3 is 0 Å². The number of benzene rings is 1. The Morgan fingerprint density at radius 2 is 1.85 bits per heavy atom. The molecule has 27 heavy (non-hydrogen) atoms. The van der Waals surface area contributed by atoms with Crippen molar-refractivity contribution in [2.75, 3.05) is 18.4 Å². The summed E-state index contributed by atoms with van der Waals surface area (Å²) in [5.41, 5.74) is 0.300. The zero-order valence-electron chi connectivity index (χ0n) is 14.9. The van der Waals surface area contributed by atoms with Crippen LogP contribution in [0.15, 0.2) is 29.2 Å². The number of aromatic nitrogens is 2. The third-order valence-electron chi connectivity index (χ3n) is 4.89. The van der Waals surface area contributed by atoms with Gasteiger partial charge in [0.05, 0.1) is 4.90 Å². The van der Waals surface area contributed by atoms with E-state index < -0.39 is 10.0 Å². The van der Waals surface area contributed by atoms with E-state index in [0.29, 0.717) is 29.7 Å². The van der Waals surface area contributed by atoms with Gasteiger partial charge in [-0.2, -0.15) is 4.31 Å². The van der Waals surface area contributed by atoms with E-state index in [1.165, 1.54) is 21.7 Å². The van der Waals surface area contributed by atoms with Crippen LogP contribution in [0.1, 0.15) is 59.8 Å². The van der Waals surface area contributed by atoms with Crippen molar-refractivity contribution in [3.05, 3.63) is 34.8 Å². The van der Waals surface area contributed by atoms with Gasteiger partial charge in [-0.05, 0) is 43.9 Å². The van der Waals surface area contributed by atoms with E-state index in [1.54, 1.807) is 18.2 Å². The molecule has 0 spiro atoms. The number of rotatable bonds is 5. The normalized spacial score (nSPS) is 18.8. The van der Waals surface area contributed by atoms with Crippen molar-refractivity contribution in [2.45, 2.75) is 49.3 Å². The van der Waals surface area contributed by atoms with Crippen LogP contribution in [0, 0.1) is 0 Å². The molecule has 2 aromatic rings. The minimum atomic E-state index is -3.59. The number of carbonyl (C=O) groups is 1. The summed E-state index contributed by atoms with van der Waals surface area (Å²) in [6.45, 7) is 1.07. The SMILES string of the molecule is O=C(Nc1nnc(C2CC2)s1)c1cccc(S(=O)(=O)N2CCCCCC2)c1. The smallest absolute Gasteiger partial charge is 0.257 e. The largest absolute Gasteiger partial charge is 0.296 e. The average molecular weight is 407 g/mol. The van der Waals surface area contributed by atoms with Crippen molar-refractivity contribution in [3.63, 3.8) is 0 Å². The molecule has 144 valence electrons. The summed E-state index contributed by atoms with van der Waals surface area (Å²) in [6, 6.07) is 6.21. The van der Waals surface area contributed by atoms with E-state index in [9.17, 15) is 13.2 Å². The van der Waals surface area contributed by atoms with E-state index in [-0.39, 0.29) is 10.8 Å². The van der Waals surface area contributed by atoms with Crippen LogP contribution < -0.4 is 5.32 Å². The topological polar surface area (TPSA) is 92.3 Å². The maximum atomic E-state index is 12.9. The first-order chi connectivity index (χ1) is 13.0. The number of nitrogens with zero attached hydrogens (tertiary/aromatic N) is 3. The maximum absolute atomic E-state index is 12.9. The Balaban J connectivity index is 1.51. The fourth-order valence-corrected chi connectivity index (χ4v) is 5.65. The van der Waals surface area contributed by atoms with Gasteiger partial charge in [0.25, 0.3) is 5.91 Å². The van der Waals surface area contributed by atoms with Crippen molar-refractivity contribution >= 4 is 32.4 Å². The van der Waals surface area contributed by atoms with Gasteiger partial charge in [-0.25, -0.2) is 8.42 Å². The Kier molecular flexibility index (Phi) is 5.25. The molecule has 0 radical (unpaired) electrons. The molecule has 1 saturated carbocycles. The molecule has 0 unspecified atom stereocenters. The van der Waals surface area contributed by atoms with E-state index >= 15 is 0 Å². The molecular weight excluding hydrogens is 384 g/mol. The number of anilines is 1. The van der Waals surface area contributed by atoms with Crippen LogP contribution in [-0.4, -0.2) is 41.9 Å². The van der Waals surface area contributed by atoms with Crippen LogP contribution in [0.2, 0.25) is 0 Å². The Morgan fingerprint density at radius 1 is 1.11 bits per heavy atom. The Hall–Kier alpha value is -1.84. The second-order valence-corrected chi connectivity index (χ2v) is 9.97. The van der Waals surface area contributed by atoms with Crippen LogP contribution in [0.3, 0.4) is 0 Å². The second kappa shape index (κ2) is 7.65. The van der Waals surface area contributed by atoms with Crippen molar-refractivity contribution in [1.82, 2.24) is 14.5 Å². The lowest BCUT2D eigenvalue weighted by molar-refractivity contribution is 0.102. The van der Waals surface area contributed by atoms with Gasteiger partial charge in [-0.3, -0.25) is 10.1 Å². The van der Waals surface area contributed by atoms with Crippen molar-refractivity contribution in [2.24, 2.45) is 0 Å². The summed E-state index contributed by atoms with van der Waals surface area (Å²) in [5, 5.41) is 12.2. The zero-order chi connectivity index (χ0) is 18.9. The van der Waals surface area contributed by atoms with Crippen molar-refractivity contribution in [3.8, 4) is 0 Å². The highest BCUT2D eigenvalue weighted by atomic mass is 32.2. The fraction of sp³-hybridized carbons (Fsp3) is 0.500. The summed E-state index contributed by atoms with van der Waals surface area (Å²) in [4.78, 5) is 12.7. The minimum absolute atomic E-state index is 0.160. The van der Waals surface area contributed by atoms with Gasteiger partial charge in [0.1, 0.15) is 5.01 Å². The molecule has 0 bridgehead atoms. The lowest BCUT2D eigenvalue weighted by Crippen LogP contribution is -2.32. The molecule has 1 aromatic carbocycles. The molecule has 1 aromatic heterocycles. The first-order valence-electron chi connectivity index (χ1n) is 9.29. The lowest BCUT2D eigenvalue weighted by Gasteiger charge is -2.20. The van der Waals surface area contributed by atoms with Crippen LogP contribution in [0.25, 0.3) is 0 Å². The molecule has 2 heterocycles. The Labute approximate surface area is 162 Å².